The lowest BCUT2D eigenvalue weighted by Crippen LogP contribution is -2.25. The van der Waals surface area contributed by atoms with Crippen molar-refractivity contribution < 1.29 is 9.32 Å². The van der Waals surface area contributed by atoms with Crippen LogP contribution in [0.1, 0.15) is 23.2 Å². The van der Waals surface area contributed by atoms with Gasteiger partial charge in [-0.15, -0.1) is 0 Å². The topological polar surface area (TPSA) is 138 Å². The third-order valence-electron chi connectivity index (χ3n) is 4.21. The highest BCUT2D eigenvalue weighted by atomic mass is 16.5. The Morgan fingerprint density at radius 2 is 2.21 bits per heavy atom. The lowest BCUT2D eigenvalue weighted by Gasteiger charge is -2.04. The van der Waals surface area contributed by atoms with E-state index in [0.29, 0.717) is 53.9 Å². The SMILES string of the molecule is CCn1c(N)nc2cc(C(=O)NCCc3nc(-c4cccnc4)no3)cnc21. The Kier molecular flexibility index (Phi) is 4.67. The molecule has 4 heterocycles. The van der Waals surface area contributed by atoms with E-state index in [9.17, 15) is 4.79 Å². The van der Waals surface area contributed by atoms with Crippen molar-refractivity contribution in [3.05, 3.63) is 48.2 Å². The number of nitrogen functional groups attached to an aromatic ring is 1. The van der Waals surface area contributed by atoms with E-state index in [2.05, 4.69) is 30.4 Å². The van der Waals surface area contributed by atoms with Crippen molar-refractivity contribution in [2.45, 2.75) is 19.9 Å². The Balaban J connectivity index is 1.38. The number of hydrogen-bond donors (Lipinski definition) is 2. The molecule has 1 amide bonds. The number of amides is 1. The lowest BCUT2D eigenvalue weighted by atomic mass is 10.2. The molecule has 0 aliphatic carbocycles. The van der Waals surface area contributed by atoms with Crippen LogP contribution in [0.4, 0.5) is 5.95 Å². The van der Waals surface area contributed by atoms with Crippen molar-refractivity contribution in [1.29, 1.82) is 0 Å². The van der Waals surface area contributed by atoms with Gasteiger partial charge in [0.05, 0.1) is 5.56 Å². The Bertz CT molecular complexity index is 1120. The second-order valence-corrected chi connectivity index (χ2v) is 6.04. The predicted octanol–water partition coefficient (Wildman–Crippen LogP) is 1.45. The highest BCUT2D eigenvalue weighted by molar-refractivity contribution is 5.96. The van der Waals surface area contributed by atoms with Crippen LogP contribution < -0.4 is 11.1 Å². The summed E-state index contributed by atoms with van der Waals surface area (Å²) in [6, 6.07) is 5.32. The molecule has 0 aliphatic rings. The Labute approximate surface area is 159 Å². The molecule has 10 nitrogen and oxygen atoms in total. The molecule has 0 radical (unpaired) electrons. The van der Waals surface area contributed by atoms with Gasteiger partial charge < -0.3 is 15.6 Å². The first-order valence-corrected chi connectivity index (χ1v) is 8.78. The number of pyridine rings is 2. The summed E-state index contributed by atoms with van der Waals surface area (Å²) < 4.78 is 7.00. The molecule has 0 aliphatic heterocycles. The van der Waals surface area contributed by atoms with E-state index in [1.807, 2.05) is 13.0 Å². The summed E-state index contributed by atoms with van der Waals surface area (Å²) in [6.45, 7) is 2.96. The molecule has 0 aromatic carbocycles. The molecule has 0 saturated carbocycles. The van der Waals surface area contributed by atoms with Crippen molar-refractivity contribution in [2.24, 2.45) is 0 Å². The molecular weight excluding hydrogens is 360 g/mol. The summed E-state index contributed by atoms with van der Waals surface area (Å²) >= 11 is 0. The minimum Gasteiger partial charge on any atom is -0.369 e. The number of carbonyl (C=O) groups excluding carboxylic acids is 1. The van der Waals surface area contributed by atoms with Gasteiger partial charge in [-0.05, 0) is 25.1 Å². The molecule has 0 spiro atoms. The Hall–Kier alpha value is -3.82. The van der Waals surface area contributed by atoms with E-state index in [0.717, 1.165) is 5.56 Å². The number of aromatic nitrogens is 6. The normalized spacial score (nSPS) is 11.0. The van der Waals surface area contributed by atoms with Gasteiger partial charge in [-0.25, -0.2) is 9.97 Å². The number of rotatable bonds is 6. The summed E-state index contributed by atoms with van der Waals surface area (Å²) in [6.07, 6.45) is 5.25. The van der Waals surface area contributed by atoms with Crippen molar-refractivity contribution in [1.82, 2.24) is 35.0 Å². The van der Waals surface area contributed by atoms with Gasteiger partial charge in [0.1, 0.15) is 5.52 Å². The minimum atomic E-state index is -0.258. The predicted molar refractivity (Wildman–Crippen MR) is 101 cm³/mol. The molecule has 0 saturated heterocycles. The molecule has 0 atom stereocenters. The number of nitrogens with zero attached hydrogens (tertiary/aromatic N) is 6. The fourth-order valence-electron chi connectivity index (χ4n) is 2.82. The third-order valence-corrected chi connectivity index (χ3v) is 4.21. The standard InChI is InChI=1S/C18H18N8O2/c1-2-26-16-13(23-18(26)19)8-12(10-22-16)17(27)21-7-5-14-24-15(25-28-14)11-4-3-6-20-9-11/h3-4,6,8-10H,2,5,7H2,1H3,(H2,19,23)(H,21,27). The number of aryl methyl sites for hydroxylation is 1. The zero-order valence-corrected chi connectivity index (χ0v) is 15.2. The first-order chi connectivity index (χ1) is 13.7. The van der Waals surface area contributed by atoms with Crippen molar-refractivity contribution in [3.8, 4) is 11.4 Å². The number of carbonyl (C=O) groups is 1. The highest BCUT2D eigenvalue weighted by Crippen LogP contribution is 2.17. The summed E-state index contributed by atoms with van der Waals surface area (Å²) in [5.41, 5.74) is 8.29. The second-order valence-electron chi connectivity index (χ2n) is 6.04. The first kappa shape index (κ1) is 17.6. The van der Waals surface area contributed by atoms with Crippen LogP contribution in [-0.4, -0.2) is 42.1 Å². The summed E-state index contributed by atoms with van der Waals surface area (Å²) in [7, 11) is 0. The van der Waals surface area contributed by atoms with Crippen molar-refractivity contribution in [2.75, 3.05) is 12.3 Å². The van der Waals surface area contributed by atoms with Crippen LogP contribution in [0, 0.1) is 0 Å². The number of nitrogens with one attached hydrogen (secondary N) is 1. The lowest BCUT2D eigenvalue weighted by molar-refractivity contribution is 0.0953. The molecule has 4 aromatic rings. The molecule has 10 heteroatoms. The highest BCUT2D eigenvalue weighted by Gasteiger charge is 2.13. The van der Waals surface area contributed by atoms with Gasteiger partial charge in [-0.3, -0.25) is 14.3 Å². The Morgan fingerprint density at radius 3 is 3.00 bits per heavy atom. The maximum Gasteiger partial charge on any atom is 0.252 e. The van der Waals surface area contributed by atoms with E-state index in [-0.39, 0.29) is 5.91 Å². The van der Waals surface area contributed by atoms with Gasteiger partial charge in [0.15, 0.2) is 5.65 Å². The Morgan fingerprint density at radius 1 is 1.32 bits per heavy atom. The molecule has 142 valence electrons. The number of fused-ring (bicyclic) bond motifs is 1. The minimum absolute atomic E-state index is 0.258. The van der Waals surface area contributed by atoms with Crippen LogP contribution >= 0.6 is 0 Å². The average Bonchev–Trinajstić information content (AvgIpc) is 3.31. The summed E-state index contributed by atoms with van der Waals surface area (Å²) in [5, 5.41) is 6.74. The molecule has 28 heavy (non-hydrogen) atoms. The van der Waals surface area contributed by atoms with Crippen LogP contribution in [0.25, 0.3) is 22.6 Å². The zero-order valence-electron chi connectivity index (χ0n) is 15.2. The van der Waals surface area contributed by atoms with E-state index in [1.54, 1.807) is 29.1 Å². The van der Waals surface area contributed by atoms with Crippen LogP contribution in [0.5, 0.6) is 0 Å². The van der Waals surface area contributed by atoms with Gasteiger partial charge in [0.2, 0.25) is 17.7 Å². The van der Waals surface area contributed by atoms with Crippen LogP contribution in [0.2, 0.25) is 0 Å². The fraction of sp³-hybridized carbons (Fsp3) is 0.222. The maximum atomic E-state index is 12.4. The van der Waals surface area contributed by atoms with E-state index in [4.69, 9.17) is 10.3 Å². The quantitative estimate of drug-likeness (QED) is 0.514. The van der Waals surface area contributed by atoms with Gasteiger partial charge in [-0.1, -0.05) is 5.16 Å². The molecule has 0 unspecified atom stereocenters. The molecular formula is C18H18N8O2. The van der Waals surface area contributed by atoms with Crippen LogP contribution in [0.15, 0.2) is 41.3 Å². The van der Waals surface area contributed by atoms with Gasteiger partial charge in [0, 0.05) is 43.7 Å². The third kappa shape index (κ3) is 3.39. The summed E-state index contributed by atoms with van der Waals surface area (Å²) in [5.74, 6) is 1.02. The number of anilines is 1. The maximum absolute atomic E-state index is 12.4. The summed E-state index contributed by atoms with van der Waals surface area (Å²) in [4.78, 5) is 29.3. The smallest absolute Gasteiger partial charge is 0.252 e. The molecule has 4 aromatic heterocycles. The van der Waals surface area contributed by atoms with E-state index < -0.39 is 0 Å². The second kappa shape index (κ2) is 7.43. The monoisotopic (exact) mass is 378 g/mol. The van der Waals surface area contributed by atoms with Gasteiger partial charge in [0.25, 0.3) is 5.91 Å². The number of nitrogens with two attached hydrogens (primary N) is 1. The van der Waals surface area contributed by atoms with Gasteiger partial charge >= 0.3 is 0 Å². The van der Waals surface area contributed by atoms with Gasteiger partial charge in [-0.2, -0.15) is 4.98 Å². The zero-order chi connectivity index (χ0) is 19.5. The molecule has 4 rings (SSSR count). The first-order valence-electron chi connectivity index (χ1n) is 8.78. The number of imidazole rings is 1. The number of hydrogen-bond acceptors (Lipinski definition) is 8. The molecule has 3 N–H and O–H groups in total. The van der Waals surface area contributed by atoms with Crippen LogP contribution in [-0.2, 0) is 13.0 Å². The van der Waals surface area contributed by atoms with E-state index in [1.165, 1.54) is 6.20 Å². The molecule has 0 bridgehead atoms. The average molecular weight is 378 g/mol. The van der Waals surface area contributed by atoms with Crippen molar-refractivity contribution >= 4 is 23.0 Å². The van der Waals surface area contributed by atoms with Crippen LogP contribution in [0.3, 0.4) is 0 Å². The molecule has 0 fully saturated rings. The largest absolute Gasteiger partial charge is 0.369 e. The van der Waals surface area contributed by atoms with E-state index >= 15 is 0 Å². The van der Waals surface area contributed by atoms with Crippen molar-refractivity contribution in [3.63, 3.8) is 0 Å². The fourth-order valence-corrected chi connectivity index (χ4v) is 2.82.